The number of likely N-dealkylation sites (N-methyl/N-ethyl adjacent to an activating group) is 1. The highest BCUT2D eigenvalue weighted by Crippen LogP contribution is 2.36. The van der Waals surface area contributed by atoms with Crippen LogP contribution in [0.4, 0.5) is 10.1 Å². The van der Waals surface area contributed by atoms with E-state index in [1.165, 1.54) is 30.3 Å². The maximum absolute atomic E-state index is 13.3. The van der Waals surface area contributed by atoms with Crippen LogP contribution in [0, 0.1) is 5.82 Å². The summed E-state index contributed by atoms with van der Waals surface area (Å²) in [4.78, 5) is 19.2. The van der Waals surface area contributed by atoms with Gasteiger partial charge in [-0.2, -0.15) is 5.10 Å². The number of hydrogen-bond acceptors (Lipinski definition) is 7. The first-order valence-electron chi connectivity index (χ1n) is 8.77. The van der Waals surface area contributed by atoms with Crippen LogP contribution in [0.5, 0.6) is 0 Å². The van der Waals surface area contributed by atoms with Gasteiger partial charge < -0.3 is 5.32 Å². The Hall–Kier alpha value is -1.98. The Balaban J connectivity index is 1.47. The van der Waals surface area contributed by atoms with Crippen molar-refractivity contribution in [3.63, 3.8) is 0 Å². The number of rotatable bonds is 4. The second kappa shape index (κ2) is 8.41. The molecule has 2 atom stereocenters. The van der Waals surface area contributed by atoms with Crippen LogP contribution in [0.2, 0.25) is 5.02 Å². The molecule has 2 unspecified atom stereocenters. The van der Waals surface area contributed by atoms with Gasteiger partial charge in [-0.15, -0.1) is 11.3 Å². The molecule has 1 fully saturated rings. The average Bonchev–Trinajstić information content (AvgIpc) is 3.34. The first-order valence-corrected chi connectivity index (χ1v) is 10.7. The third-order valence-corrected chi connectivity index (χ3v) is 6.93. The number of halogens is 2. The molecule has 1 saturated heterocycles. The van der Waals surface area contributed by atoms with E-state index in [2.05, 4.69) is 20.1 Å². The molecule has 0 aliphatic carbocycles. The van der Waals surface area contributed by atoms with Gasteiger partial charge in [0, 0.05) is 29.7 Å². The van der Waals surface area contributed by atoms with Crippen LogP contribution >= 0.6 is 35.1 Å². The molecule has 29 heavy (non-hydrogen) atoms. The number of aromatic nitrogens is 3. The molecule has 4 rings (SSSR count). The lowest BCUT2D eigenvalue weighted by molar-refractivity contribution is -0.119. The van der Waals surface area contributed by atoms with Crippen LogP contribution in [-0.2, 0) is 11.8 Å². The quantitative estimate of drug-likeness (QED) is 0.585. The molecule has 0 saturated carbocycles. The molecule has 1 amide bonds. The van der Waals surface area contributed by atoms with Crippen molar-refractivity contribution >= 4 is 46.7 Å². The molecule has 1 aromatic carbocycles. The topological polar surface area (TPSA) is 75.1 Å². The molecule has 3 heterocycles. The van der Waals surface area contributed by atoms with E-state index >= 15 is 0 Å². The maximum Gasteiger partial charge on any atom is 0.242 e. The van der Waals surface area contributed by atoms with Crippen LogP contribution in [-0.4, -0.2) is 38.1 Å². The molecule has 152 valence electrons. The first-order chi connectivity index (χ1) is 13.9. The minimum atomic E-state index is -0.518. The number of nitrogens with zero attached hydrogens (tertiary/aromatic N) is 4. The highest BCUT2D eigenvalue weighted by atomic mass is 35.5. The Morgan fingerprint density at radius 2 is 2.17 bits per heavy atom. The third-order valence-electron chi connectivity index (χ3n) is 4.52. The minimum absolute atomic E-state index is 0.00576. The van der Waals surface area contributed by atoms with Crippen LogP contribution in [0.3, 0.4) is 0 Å². The Morgan fingerprint density at radius 3 is 2.90 bits per heavy atom. The molecule has 2 aromatic heterocycles. The summed E-state index contributed by atoms with van der Waals surface area (Å²) in [6.07, 6.45) is 2.25. The van der Waals surface area contributed by atoms with Gasteiger partial charge in [-0.3, -0.25) is 9.48 Å². The summed E-state index contributed by atoms with van der Waals surface area (Å²) in [5.74, 6) is -0.000626. The van der Waals surface area contributed by atoms with Crippen molar-refractivity contribution in [1.82, 2.24) is 23.8 Å². The number of benzene rings is 1. The number of carbonyl (C=O) groups is 1. The van der Waals surface area contributed by atoms with Gasteiger partial charge >= 0.3 is 0 Å². The molecular weight excluding hydrogens is 435 g/mol. The monoisotopic (exact) mass is 452 g/mol. The molecular formula is C18H18ClFN6OS2. The van der Waals surface area contributed by atoms with E-state index in [1.54, 1.807) is 22.3 Å². The number of hydrogen-bond donors (Lipinski definition) is 2. The summed E-state index contributed by atoms with van der Waals surface area (Å²) in [5.41, 5.74) is 0.467. The van der Waals surface area contributed by atoms with Gasteiger partial charge in [0.05, 0.1) is 15.9 Å². The van der Waals surface area contributed by atoms with E-state index in [4.69, 9.17) is 11.6 Å². The van der Waals surface area contributed by atoms with Gasteiger partial charge in [0.15, 0.2) is 5.82 Å². The summed E-state index contributed by atoms with van der Waals surface area (Å²) >= 11 is 8.80. The van der Waals surface area contributed by atoms with E-state index in [0.717, 1.165) is 9.75 Å². The zero-order chi connectivity index (χ0) is 20.5. The Kier molecular flexibility index (Phi) is 5.88. The lowest BCUT2D eigenvalue weighted by atomic mass is 10.1. The standard InChI is InChI=1S/C18H18ClFN6OS2/c1-25-9-21-17(23-25)16-6-5-15(28-16)13-8-14(26(2)29-24-13)18(27)22-10-3-4-12(20)11(19)7-10/h3-7,9,13-14,24H,8H2,1-2H3,(H,22,27). The van der Waals surface area contributed by atoms with Crippen molar-refractivity contribution in [2.45, 2.75) is 18.5 Å². The van der Waals surface area contributed by atoms with Gasteiger partial charge in [0.25, 0.3) is 0 Å². The second-order valence-electron chi connectivity index (χ2n) is 6.62. The summed E-state index contributed by atoms with van der Waals surface area (Å²) in [6.45, 7) is 0. The molecule has 11 heteroatoms. The van der Waals surface area contributed by atoms with Gasteiger partial charge in [-0.25, -0.2) is 18.4 Å². The fourth-order valence-electron chi connectivity index (χ4n) is 2.99. The summed E-state index contributed by atoms with van der Waals surface area (Å²) < 4.78 is 20.3. The van der Waals surface area contributed by atoms with E-state index in [1.807, 2.05) is 30.5 Å². The molecule has 0 bridgehead atoms. The molecule has 2 N–H and O–H groups in total. The molecule has 3 aromatic rings. The molecule has 1 aliphatic heterocycles. The number of anilines is 1. The zero-order valence-electron chi connectivity index (χ0n) is 15.6. The Bertz CT molecular complexity index is 1040. The van der Waals surface area contributed by atoms with Gasteiger partial charge in [-0.05, 0) is 43.8 Å². The molecule has 1 aliphatic rings. The lowest BCUT2D eigenvalue weighted by Crippen LogP contribution is -2.45. The first kappa shape index (κ1) is 20.3. The summed E-state index contributed by atoms with van der Waals surface area (Å²) in [7, 11) is 3.69. The molecule has 0 spiro atoms. The van der Waals surface area contributed by atoms with E-state index in [9.17, 15) is 9.18 Å². The summed E-state index contributed by atoms with van der Waals surface area (Å²) in [5, 5.41) is 7.13. The van der Waals surface area contributed by atoms with E-state index in [0.29, 0.717) is 17.9 Å². The molecule has 7 nitrogen and oxygen atoms in total. The number of carbonyl (C=O) groups excluding carboxylic acids is 1. The smallest absolute Gasteiger partial charge is 0.242 e. The Morgan fingerprint density at radius 1 is 1.34 bits per heavy atom. The van der Waals surface area contributed by atoms with Crippen LogP contribution in [0.1, 0.15) is 17.3 Å². The van der Waals surface area contributed by atoms with Crippen molar-refractivity contribution in [2.24, 2.45) is 7.05 Å². The van der Waals surface area contributed by atoms with Gasteiger partial charge in [-0.1, -0.05) is 11.6 Å². The van der Waals surface area contributed by atoms with Gasteiger partial charge in [0.1, 0.15) is 18.2 Å². The predicted molar refractivity (Wildman–Crippen MR) is 114 cm³/mol. The zero-order valence-corrected chi connectivity index (χ0v) is 18.0. The molecule has 0 radical (unpaired) electrons. The highest BCUT2D eigenvalue weighted by molar-refractivity contribution is 7.95. The summed E-state index contributed by atoms with van der Waals surface area (Å²) in [6, 6.07) is 7.81. The average molecular weight is 453 g/mol. The minimum Gasteiger partial charge on any atom is -0.325 e. The second-order valence-corrected chi connectivity index (χ2v) is 9.14. The SMILES string of the molecule is CN1SNC(c2ccc(-c3ncn(C)n3)s2)CC1C(=O)Nc1ccc(F)c(Cl)c1. The lowest BCUT2D eigenvalue weighted by Gasteiger charge is -2.35. The number of thiophene rings is 1. The number of nitrogens with one attached hydrogen (secondary N) is 2. The maximum atomic E-state index is 13.3. The van der Waals surface area contributed by atoms with Crippen LogP contribution in [0.25, 0.3) is 10.7 Å². The predicted octanol–water partition coefficient (Wildman–Crippen LogP) is 3.87. The fourth-order valence-corrected chi connectivity index (χ4v) is 5.08. The van der Waals surface area contributed by atoms with Crippen LogP contribution < -0.4 is 10.0 Å². The fraction of sp³-hybridized carbons (Fsp3) is 0.278. The highest BCUT2D eigenvalue weighted by Gasteiger charge is 2.33. The third kappa shape index (κ3) is 4.46. The van der Waals surface area contributed by atoms with Crippen molar-refractivity contribution in [1.29, 1.82) is 0 Å². The number of amides is 1. The van der Waals surface area contributed by atoms with Gasteiger partial charge in [0.2, 0.25) is 5.91 Å². The van der Waals surface area contributed by atoms with Crippen molar-refractivity contribution in [3.8, 4) is 10.7 Å². The van der Waals surface area contributed by atoms with Crippen molar-refractivity contribution < 1.29 is 9.18 Å². The van der Waals surface area contributed by atoms with E-state index in [-0.39, 0.29) is 23.0 Å². The normalized spacial score (nSPS) is 20.0. The Labute approximate surface area is 180 Å². The largest absolute Gasteiger partial charge is 0.325 e. The van der Waals surface area contributed by atoms with Crippen LogP contribution in [0.15, 0.2) is 36.7 Å². The van der Waals surface area contributed by atoms with Crippen molar-refractivity contribution in [3.05, 3.63) is 52.4 Å². The number of aryl methyl sites for hydroxylation is 1. The van der Waals surface area contributed by atoms with Crippen molar-refractivity contribution in [2.75, 3.05) is 12.4 Å². The van der Waals surface area contributed by atoms with E-state index < -0.39 is 5.82 Å².